The van der Waals surface area contributed by atoms with Crippen LogP contribution in [0.3, 0.4) is 0 Å². The van der Waals surface area contributed by atoms with Gasteiger partial charge in [-0.1, -0.05) is 30.3 Å². The molecule has 0 unspecified atom stereocenters. The molecule has 0 atom stereocenters. The van der Waals surface area contributed by atoms with Crippen LogP contribution < -0.4 is 19.6 Å². The maximum Gasteiger partial charge on any atom is 0.0995 e. The van der Waals surface area contributed by atoms with Gasteiger partial charge in [0.1, 0.15) is 0 Å². The Morgan fingerprint density at radius 3 is 1.65 bits per heavy atom. The molecule has 0 spiro atoms. The molecule has 0 aliphatic carbocycles. The zero-order valence-electron chi connectivity index (χ0n) is 21.3. The summed E-state index contributed by atoms with van der Waals surface area (Å²) in [5.41, 5.74) is 8.38. The molecule has 0 aliphatic heterocycles. The molecule has 6 heteroatoms. The third-order valence-electron chi connectivity index (χ3n) is 6.45. The normalized spacial score (nSPS) is 11.5. The SMILES string of the molecule is CN(C)c1c(N(C)C)c(N(C)C)c2c(ccc3nc4c(ccc5ccccc54)nc32)c1N(C)C. The van der Waals surface area contributed by atoms with E-state index in [1.54, 1.807) is 0 Å². The van der Waals surface area contributed by atoms with Crippen molar-refractivity contribution in [1.29, 1.82) is 0 Å². The van der Waals surface area contributed by atoms with Gasteiger partial charge in [0.05, 0.1) is 44.8 Å². The van der Waals surface area contributed by atoms with Gasteiger partial charge in [0, 0.05) is 72.5 Å². The second-order valence-electron chi connectivity index (χ2n) is 9.71. The lowest BCUT2D eigenvalue weighted by Crippen LogP contribution is -2.24. The Balaban J connectivity index is 2.05. The maximum atomic E-state index is 5.23. The minimum Gasteiger partial charge on any atom is -0.375 e. The van der Waals surface area contributed by atoms with Gasteiger partial charge < -0.3 is 19.6 Å². The van der Waals surface area contributed by atoms with Crippen molar-refractivity contribution >= 4 is 66.4 Å². The molecule has 0 aliphatic rings. The Morgan fingerprint density at radius 2 is 1.00 bits per heavy atom. The molecule has 4 aromatic carbocycles. The number of fused-ring (bicyclic) bond motifs is 6. The van der Waals surface area contributed by atoms with Crippen LogP contribution in [0.4, 0.5) is 22.7 Å². The fraction of sp³-hybridized carbons (Fsp3) is 0.286. The van der Waals surface area contributed by atoms with Crippen LogP contribution >= 0.6 is 0 Å². The first-order chi connectivity index (χ1) is 16.2. The van der Waals surface area contributed by atoms with Crippen molar-refractivity contribution < 1.29 is 0 Å². The van der Waals surface area contributed by atoms with Crippen molar-refractivity contribution in [2.45, 2.75) is 0 Å². The lowest BCUT2D eigenvalue weighted by atomic mass is 9.98. The van der Waals surface area contributed by atoms with E-state index < -0.39 is 0 Å². The van der Waals surface area contributed by atoms with Crippen LogP contribution in [0, 0.1) is 0 Å². The highest BCUT2D eigenvalue weighted by Crippen LogP contribution is 2.51. The molecule has 0 fully saturated rings. The van der Waals surface area contributed by atoms with Crippen LogP contribution in [0.5, 0.6) is 0 Å². The Morgan fingerprint density at radius 1 is 0.471 bits per heavy atom. The average molecular weight is 453 g/mol. The number of benzene rings is 4. The summed E-state index contributed by atoms with van der Waals surface area (Å²) in [7, 11) is 16.9. The van der Waals surface area contributed by atoms with Crippen LogP contribution in [0.2, 0.25) is 0 Å². The molecule has 1 heterocycles. The van der Waals surface area contributed by atoms with E-state index in [1.165, 1.54) is 27.8 Å². The van der Waals surface area contributed by atoms with Crippen molar-refractivity contribution in [3.05, 3.63) is 48.5 Å². The quantitative estimate of drug-likeness (QED) is 0.270. The highest BCUT2D eigenvalue weighted by molar-refractivity contribution is 6.23. The Hall–Kier alpha value is -3.80. The summed E-state index contributed by atoms with van der Waals surface area (Å²) in [6, 6.07) is 16.9. The van der Waals surface area contributed by atoms with Gasteiger partial charge in [-0.25, -0.2) is 9.97 Å². The first kappa shape index (κ1) is 22.0. The Labute approximate surface area is 201 Å². The van der Waals surface area contributed by atoms with Crippen molar-refractivity contribution in [2.24, 2.45) is 0 Å². The highest BCUT2D eigenvalue weighted by atomic mass is 15.2. The highest BCUT2D eigenvalue weighted by Gasteiger charge is 2.26. The summed E-state index contributed by atoms with van der Waals surface area (Å²) in [6.45, 7) is 0. The van der Waals surface area contributed by atoms with Gasteiger partial charge >= 0.3 is 0 Å². The van der Waals surface area contributed by atoms with Gasteiger partial charge in [-0.2, -0.15) is 0 Å². The molecule has 5 rings (SSSR count). The molecule has 0 bridgehead atoms. The van der Waals surface area contributed by atoms with Crippen LogP contribution in [0.25, 0.3) is 43.6 Å². The minimum atomic E-state index is 0.909. The largest absolute Gasteiger partial charge is 0.375 e. The summed E-state index contributed by atoms with van der Waals surface area (Å²) in [6.07, 6.45) is 0. The van der Waals surface area contributed by atoms with Gasteiger partial charge in [0.25, 0.3) is 0 Å². The molecule has 5 aromatic rings. The van der Waals surface area contributed by atoms with Crippen LogP contribution in [0.15, 0.2) is 48.5 Å². The predicted molar refractivity (Wildman–Crippen MR) is 149 cm³/mol. The van der Waals surface area contributed by atoms with Crippen molar-refractivity contribution in [2.75, 3.05) is 76.0 Å². The number of hydrogen-bond acceptors (Lipinski definition) is 6. The molecule has 6 nitrogen and oxygen atoms in total. The second-order valence-corrected chi connectivity index (χ2v) is 9.71. The lowest BCUT2D eigenvalue weighted by Gasteiger charge is -2.34. The fourth-order valence-electron chi connectivity index (χ4n) is 5.12. The molecule has 0 N–H and O–H groups in total. The minimum absolute atomic E-state index is 0.909. The maximum absolute atomic E-state index is 5.23. The molecule has 34 heavy (non-hydrogen) atoms. The van der Waals surface area contributed by atoms with Gasteiger partial charge in [-0.3, -0.25) is 0 Å². The van der Waals surface area contributed by atoms with Gasteiger partial charge in [-0.05, 0) is 23.6 Å². The number of aromatic nitrogens is 2. The monoisotopic (exact) mass is 452 g/mol. The molecule has 174 valence electrons. The zero-order chi connectivity index (χ0) is 24.3. The van der Waals surface area contributed by atoms with Gasteiger partial charge in [0.15, 0.2) is 0 Å². The molecule has 0 saturated heterocycles. The van der Waals surface area contributed by atoms with Crippen LogP contribution in [-0.4, -0.2) is 66.3 Å². The molecule has 1 aromatic heterocycles. The standard InChI is InChI=1S/C28H32N6/c1-31(2)25-19-14-16-21-24(22(19)26(32(3)4)28(34(7)8)27(25)33(5)6)30-20-15-13-17-11-9-10-12-18(17)23(20)29-21/h9-16H,1-8H3. The predicted octanol–water partition coefficient (Wildman–Crippen LogP) is 5.35. The molecular formula is C28H32N6. The molecule has 0 amide bonds. The van der Waals surface area contributed by atoms with Gasteiger partial charge in [0.2, 0.25) is 0 Å². The number of rotatable bonds is 4. The first-order valence-corrected chi connectivity index (χ1v) is 11.5. The summed E-state index contributed by atoms with van der Waals surface area (Å²) in [5.74, 6) is 0. The Kier molecular flexibility index (Phi) is 5.12. The summed E-state index contributed by atoms with van der Waals surface area (Å²) >= 11 is 0. The number of nitrogens with zero attached hydrogens (tertiary/aromatic N) is 6. The summed E-state index contributed by atoms with van der Waals surface area (Å²) < 4.78 is 0. The molecule has 0 radical (unpaired) electrons. The van der Waals surface area contributed by atoms with E-state index in [0.29, 0.717) is 0 Å². The van der Waals surface area contributed by atoms with Crippen molar-refractivity contribution in [3.8, 4) is 0 Å². The molecule has 0 saturated carbocycles. The van der Waals surface area contributed by atoms with E-state index in [0.717, 1.165) is 38.5 Å². The van der Waals surface area contributed by atoms with E-state index in [4.69, 9.17) is 9.97 Å². The second kappa shape index (κ2) is 7.90. The zero-order valence-corrected chi connectivity index (χ0v) is 21.3. The fourth-order valence-corrected chi connectivity index (χ4v) is 5.12. The third-order valence-corrected chi connectivity index (χ3v) is 6.45. The molecular weight excluding hydrogens is 420 g/mol. The van der Waals surface area contributed by atoms with Crippen molar-refractivity contribution in [1.82, 2.24) is 9.97 Å². The number of anilines is 4. The van der Waals surface area contributed by atoms with Crippen LogP contribution in [-0.2, 0) is 0 Å². The smallest absolute Gasteiger partial charge is 0.0995 e. The van der Waals surface area contributed by atoms with E-state index in [9.17, 15) is 0 Å². The van der Waals surface area contributed by atoms with Crippen LogP contribution in [0.1, 0.15) is 0 Å². The topological polar surface area (TPSA) is 38.7 Å². The summed E-state index contributed by atoms with van der Waals surface area (Å²) in [5, 5.41) is 4.61. The lowest BCUT2D eigenvalue weighted by molar-refractivity contribution is 1.04. The first-order valence-electron chi connectivity index (χ1n) is 11.5. The summed E-state index contributed by atoms with van der Waals surface area (Å²) in [4.78, 5) is 19.2. The Bertz CT molecular complexity index is 1570. The van der Waals surface area contributed by atoms with E-state index in [1.807, 2.05) is 0 Å². The van der Waals surface area contributed by atoms with E-state index in [-0.39, 0.29) is 0 Å². The van der Waals surface area contributed by atoms with Crippen molar-refractivity contribution in [3.63, 3.8) is 0 Å². The third kappa shape index (κ3) is 3.16. The average Bonchev–Trinajstić information content (AvgIpc) is 2.80. The van der Waals surface area contributed by atoms with E-state index in [2.05, 4.69) is 125 Å². The number of hydrogen-bond donors (Lipinski definition) is 0. The van der Waals surface area contributed by atoms with E-state index >= 15 is 0 Å². The van der Waals surface area contributed by atoms with Gasteiger partial charge in [-0.15, -0.1) is 0 Å².